The van der Waals surface area contributed by atoms with Crippen molar-refractivity contribution in [2.24, 2.45) is 0 Å². The molecule has 7 nitrogen and oxygen atoms in total. The molecular formula is C14H10F6N4O3. The standard InChI is InChI=1S/C14H10F6N4O3/c15-13(16,17)6-22-9(25)5-21-11(26)8-3-1-7(2-4-8)10-23-12(27-24-10)14(18,19)20/h1-4H,5-6H2,(H,21,26)(H,22,25). The highest BCUT2D eigenvalue weighted by Gasteiger charge is 2.38. The van der Waals surface area contributed by atoms with Crippen LogP contribution in [0.25, 0.3) is 11.4 Å². The van der Waals surface area contributed by atoms with Gasteiger partial charge in [-0.05, 0) is 12.1 Å². The summed E-state index contributed by atoms with van der Waals surface area (Å²) in [6.45, 7) is -2.21. The molecule has 2 N–H and O–H groups in total. The van der Waals surface area contributed by atoms with Gasteiger partial charge in [0.05, 0.1) is 6.54 Å². The summed E-state index contributed by atoms with van der Waals surface area (Å²) in [5, 5.41) is 6.85. The van der Waals surface area contributed by atoms with Crippen LogP contribution in [0.5, 0.6) is 0 Å². The van der Waals surface area contributed by atoms with E-state index in [9.17, 15) is 35.9 Å². The van der Waals surface area contributed by atoms with Crippen molar-refractivity contribution >= 4 is 11.8 Å². The van der Waals surface area contributed by atoms with Gasteiger partial charge in [-0.1, -0.05) is 17.3 Å². The van der Waals surface area contributed by atoms with E-state index in [0.717, 1.165) is 0 Å². The summed E-state index contributed by atoms with van der Waals surface area (Å²) in [6, 6.07) is 4.90. The lowest BCUT2D eigenvalue weighted by Gasteiger charge is -2.09. The predicted molar refractivity (Wildman–Crippen MR) is 76.1 cm³/mol. The van der Waals surface area contributed by atoms with E-state index < -0.39 is 43.1 Å². The second kappa shape index (κ2) is 7.63. The minimum Gasteiger partial charge on any atom is -0.345 e. The molecule has 1 aromatic carbocycles. The Bertz CT molecular complexity index is 813. The first-order valence-corrected chi connectivity index (χ1v) is 7.09. The zero-order valence-electron chi connectivity index (χ0n) is 13.1. The molecule has 0 fully saturated rings. The van der Waals surface area contributed by atoms with E-state index in [-0.39, 0.29) is 17.0 Å². The summed E-state index contributed by atoms with van der Waals surface area (Å²) in [5.41, 5.74) is 0.149. The largest absolute Gasteiger partial charge is 0.471 e. The Morgan fingerprint density at radius 1 is 1.00 bits per heavy atom. The third-order valence-electron chi connectivity index (χ3n) is 2.97. The number of amides is 2. The molecule has 2 amide bonds. The fraction of sp³-hybridized carbons (Fsp3) is 0.286. The minimum atomic E-state index is -4.79. The van der Waals surface area contributed by atoms with Gasteiger partial charge in [0, 0.05) is 11.1 Å². The average molecular weight is 396 g/mol. The minimum absolute atomic E-state index is 0.0157. The van der Waals surface area contributed by atoms with Crippen LogP contribution in [-0.2, 0) is 11.0 Å². The molecule has 0 saturated heterocycles. The molecule has 13 heteroatoms. The number of benzene rings is 1. The second-order valence-electron chi connectivity index (χ2n) is 5.07. The lowest BCUT2D eigenvalue weighted by atomic mass is 10.1. The summed E-state index contributed by atoms with van der Waals surface area (Å²) in [6.07, 6.45) is -9.37. The van der Waals surface area contributed by atoms with E-state index in [0.29, 0.717) is 0 Å². The molecule has 0 unspecified atom stereocenters. The molecule has 0 aliphatic rings. The fourth-order valence-electron chi connectivity index (χ4n) is 1.75. The molecule has 0 spiro atoms. The highest BCUT2D eigenvalue weighted by molar-refractivity contribution is 5.96. The van der Waals surface area contributed by atoms with Gasteiger partial charge < -0.3 is 15.2 Å². The Morgan fingerprint density at radius 3 is 2.15 bits per heavy atom. The number of nitrogens with one attached hydrogen (secondary N) is 2. The molecule has 0 bridgehead atoms. The summed E-state index contributed by atoms with van der Waals surface area (Å²) in [5.74, 6) is -3.68. The monoisotopic (exact) mass is 396 g/mol. The number of hydrogen-bond acceptors (Lipinski definition) is 5. The van der Waals surface area contributed by atoms with Crippen LogP contribution in [0.4, 0.5) is 26.3 Å². The van der Waals surface area contributed by atoms with Gasteiger partial charge in [-0.2, -0.15) is 31.3 Å². The Morgan fingerprint density at radius 2 is 1.63 bits per heavy atom. The topological polar surface area (TPSA) is 97.1 Å². The molecule has 2 rings (SSSR count). The average Bonchev–Trinajstić information content (AvgIpc) is 3.08. The lowest BCUT2D eigenvalue weighted by molar-refractivity contribution is -0.159. The van der Waals surface area contributed by atoms with Crippen molar-refractivity contribution < 1.29 is 40.5 Å². The van der Waals surface area contributed by atoms with Crippen molar-refractivity contribution in [2.45, 2.75) is 12.4 Å². The van der Waals surface area contributed by atoms with Crippen LogP contribution in [0.1, 0.15) is 16.2 Å². The Hall–Kier alpha value is -3.12. The normalized spacial score (nSPS) is 11.9. The van der Waals surface area contributed by atoms with Crippen molar-refractivity contribution in [3.63, 3.8) is 0 Å². The maximum Gasteiger partial charge on any atom is 0.471 e. The first kappa shape index (κ1) is 20.2. The van der Waals surface area contributed by atoms with Crippen LogP contribution in [0.15, 0.2) is 28.8 Å². The molecule has 0 radical (unpaired) electrons. The quantitative estimate of drug-likeness (QED) is 0.755. The lowest BCUT2D eigenvalue weighted by Crippen LogP contribution is -2.40. The van der Waals surface area contributed by atoms with Gasteiger partial charge >= 0.3 is 18.2 Å². The van der Waals surface area contributed by atoms with Crippen molar-refractivity contribution in [2.75, 3.05) is 13.1 Å². The zero-order valence-corrected chi connectivity index (χ0v) is 13.1. The maximum atomic E-state index is 12.4. The van der Waals surface area contributed by atoms with Gasteiger partial charge in [-0.15, -0.1) is 0 Å². The van der Waals surface area contributed by atoms with Crippen LogP contribution in [0.3, 0.4) is 0 Å². The maximum absolute atomic E-state index is 12.4. The van der Waals surface area contributed by atoms with Crippen molar-refractivity contribution in [1.82, 2.24) is 20.8 Å². The molecule has 146 valence electrons. The van der Waals surface area contributed by atoms with Crippen LogP contribution >= 0.6 is 0 Å². The molecule has 1 heterocycles. The van der Waals surface area contributed by atoms with Crippen LogP contribution < -0.4 is 10.6 Å². The molecular weight excluding hydrogens is 386 g/mol. The number of halogens is 6. The van der Waals surface area contributed by atoms with Crippen LogP contribution in [0.2, 0.25) is 0 Å². The van der Waals surface area contributed by atoms with Crippen molar-refractivity contribution in [3.8, 4) is 11.4 Å². The summed E-state index contributed by atoms with van der Waals surface area (Å²) in [4.78, 5) is 26.2. The van der Waals surface area contributed by atoms with Crippen LogP contribution in [-0.4, -0.2) is 41.2 Å². The highest BCUT2D eigenvalue weighted by Crippen LogP contribution is 2.29. The first-order chi connectivity index (χ1) is 12.5. The van der Waals surface area contributed by atoms with E-state index in [2.05, 4.69) is 20.0 Å². The molecule has 0 aliphatic heterocycles. The number of aromatic nitrogens is 2. The molecule has 0 aliphatic carbocycles. The molecule has 1 aromatic heterocycles. The van der Waals surface area contributed by atoms with Crippen LogP contribution in [0, 0.1) is 0 Å². The SMILES string of the molecule is O=C(CNC(=O)c1ccc(-c2noc(C(F)(F)F)n2)cc1)NCC(F)(F)F. The van der Waals surface area contributed by atoms with Gasteiger partial charge in [-0.25, -0.2) is 0 Å². The summed E-state index contributed by atoms with van der Waals surface area (Å²) >= 11 is 0. The Kier molecular flexibility index (Phi) is 5.71. The number of rotatable bonds is 5. The first-order valence-electron chi connectivity index (χ1n) is 7.09. The number of nitrogens with zero attached hydrogens (tertiary/aromatic N) is 2. The Balaban J connectivity index is 1.93. The number of hydrogen-bond donors (Lipinski definition) is 2. The van der Waals surface area contributed by atoms with Crippen molar-refractivity contribution in [3.05, 3.63) is 35.7 Å². The van der Waals surface area contributed by atoms with E-state index in [1.807, 2.05) is 0 Å². The van der Waals surface area contributed by atoms with E-state index in [4.69, 9.17) is 0 Å². The highest BCUT2D eigenvalue weighted by atomic mass is 19.4. The smallest absolute Gasteiger partial charge is 0.345 e. The van der Waals surface area contributed by atoms with Gasteiger partial charge in [-0.3, -0.25) is 9.59 Å². The zero-order chi connectivity index (χ0) is 20.2. The third-order valence-corrected chi connectivity index (χ3v) is 2.97. The second-order valence-corrected chi connectivity index (χ2v) is 5.07. The van der Waals surface area contributed by atoms with Gasteiger partial charge in [0.15, 0.2) is 0 Å². The van der Waals surface area contributed by atoms with E-state index >= 15 is 0 Å². The van der Waals surface area contributed by atoms with Gasteiger partial charge in [0.25, 0.3) is 5.91 Å². The molecule has 0 saturated carbocycles. The fourth-order valence-corrected chi connectivity index (χ4v) is 1.75. The summed E-state index contributed by atoms with van der Waals surface area (Å²) < 4.78 is 77.2. The molecule has 0 atom stereocenters. The Labute approximate surface area is 146 Å². The van der Waals surface area contributed by atoms with Gasteiger partial charge in [0.2, 0.25) is 11.7 Å². The summed E-state index contributed by atoms with van der Waals surface area (Å²) in [7, 11) is 0. The number of carbonyl (C=O) groups excluding carboxylic acids is 2. The van der Waals surface area contributed by atoms with E-state index in [1.54, 1.807) is 5.32 Å². The van der Waals surface area contributed by atoms with Gasteiger partial charge in [0.1, 0.15) is 6.54 Å². The molecule has 27 heavy (non-hydrogen) atoms. The van der Waals surface area contributed by atoms with E-state index in [1.165, 1.54) is 24.3 Å². The number of carbonyl (C=O) groups is 2. The van der Waals surface area contributed by atoms with Crippen molar-refractivity contribution in [1.29, 1.82) is 0 Å². The predicted octanol–water partition coefficient (Wildman–Crippen LogP) is 2.16. The third kappa shape index (κ3) is 5.97. The number of alkyl halides is 6. The molecule has 2 aromatic rings.